The number of fused-ring (bicyclic) bond motifs is 1. The molecule has 3 rings (SSSR count). The lowest BCUT2D eigenvalue weighted by molar-refractivity contribution is 0.00200. The van der Waals surface area contributed by atoms with Crippen molar-refractivity contribution in [3.05, 3.63) is 71.3 Å². The smallest absolute Gasteiger partial charge is 0.0872 e. The Hall–Kier alpha value is -1.64. The molecule has 2 aromatic carbocycles. The Morgan fingerprint density at radius 3 is 2.40 bits per heavy atom. The third-order valence-electron chi connectivity index (χ3n) is 4.36. The first-order chi connectivity index (χ1) is 9.58. The summed E-state index contributed by atoms with van der Waals surface area (Å²) in [6.07, 6.45) is 0.925. The molecule has 3 unspecified atom stereocenters. The van der Waals surface area contributed by atoms with E-state index in [9.17, 15) is 10.2 Å². The van der Waals surface area contributed by atoms with Crippen LogP contribution in [0.5, 0.6) is 0 Å². The summed E-state index contributed by atoms with van der Waals surface area (Å²) in [4.78, 5) is 0. The number of rotatable bonds is 3. The van der Waals surface area contributed by atoms with E-state index in [-0.39, 0.29) is 5.92 Å². The molecule has 0 radical (unpaired) electrons. The van der Waals surface area contributed by atoms with Crippen LogP contribution in [-0.4, -0.2) is 10.2 Å². The zero-order valence-corrected chi connectivity index (χ0v) is 11.7. The topological polar surface area (TPSA) is 40.5 Å². The van der Waals surface area contributed by atoms with Gasteiger partial charge >= 0.3 is 0 Å². The minimum atomic E-state index is -0.908. The number of hydrogen-bond donors (Lipinski definition) is 2. The summed E-state index contributed by atoms with van der Waals surface area (Å²) >= 11 is 0. The normalized spacial score (nSPS) is 24.1. The molecule has 1 aliphatic carbocycles. The average Bonchev–Trinajstić information content (AvgIpc) is 2.76. The summed E-state index contributed by atoms with van der Waals surface area (Å²) in [5, 5.41) is 21.2. The summed E-state index contributed by atoms with van der Waals surface area (Å²) in [5.74, 6) is 0.0719. The van der Waals surface area contributed by atoms with E-state index in [4.69, 9.17) is 0 Å². The van der Waals surface area contributed by atoms with Crippen LogP contribution in [0.15, 0.2) is 54.6 Å². The van der Waals surface area contributed by atoms with Gasteiger partial charge in [-0.3, -0.25) is 0 Å². The van der Waals surface area contributed by atoms with Crippen LogP contribution in [-0.2, 0) is 12.0 Å². The molecule has 0 heterocycles. The number of aliphatic hydroxyl groups excluding tert-OH is 1. The van der Waals surface area contributed by atoms with Crippen LogP contribution < -0.4 is 0 Å². The van der Waals surface area contributed by atoms with Crippen molar-refractivity contribution < 1.29 is 10.2 Å². The van der Waals surface area contributed by atoms with Gasteiger partial charge in [0.25, 0.3) is 0 Å². The molecule has 0 aromatic heterocycles. The molecule has 0 bridgehead atoms. The van der Waals surface area contributed by atoms with Gasteiger partial charge in [-0.05, 0) is 42.4 Å². The maximum absolute atomic E-state index is 10.7. The van der Waals surface area contributed by atoms with Gasteiger partial charge in [0.1, 0.15) is 0 Å². The van der Waals surface area contributed by atoms with E-state index in [1.807, 2.05) is 55.5 Å². The Bertz CT molecular complexity index is 589. The molecular weight excluding hydrogens is 248 g/mol. The summed E-state index contributed by atoms with van der Waals surface area (Å²) < 4.78 is 0. The highest BCUT2D eigenvalue weighted by Gasteiger charge is 2.36. The fourth-order valence-electron chi connectivity index (χ4n) is 3.27. The second-order valence-electron chi connectivity index (χ2n) is 5.95. The highest BCUT2D eigenvalue weighted by atomic mass is 16.3. The van der Waals surface area contributed by atoms with Gasteiger partial charge in [-0.25, -0.2) is 0 Å². The van der Waals surface area contributed by atoms with Crippen molar-refractivity contribution in [1.82, 2.24) is 0 Å². The number of benzene rings is 2. The number of hydrogen-bond acceptors (Lipinski definition) is 2. The quantitative estimate of drug-likeness (QED) is 0.897. The minimum Gasteiger partial charge on any atom is -0.388 e. The van der Waals surface area contributed by atoms with Gasteiger partial charge in [0.05, 0.1) is 11.7 Å². The molecule has 0 saturated carbocycles. The van der Waals surface area contributed by atoms with E-state index in [0.717, 1.165) is 17.5 Å². The van der Waals surface area contributed by atoms with Crippen LogP contribution in [0.2, 0.25) is 0 Å². The van der Waals surface area contributed by atoms with E-state index >= 15 is 0 Å². The van der Waals surface area contributed by atoms with Gasteiger partial charge in [-0.15, -0.1) is 0 Å². The Labute approximate surface area is 119 Å². The lowest BCUT2D eigenvalue weighted by Gasteiger charge is -2.28. The largest absolute Gasteiger partial charge is 0.388 e. The van der Waals surface area contributed by atoms with Gasteiger partial charge in [0, 0.05) is 0 Å². The SMILES string of the molecule is CC(O)(CC1Cc2ccccc2C1O)c1ccccc1. The highest BCUT2D eigenvalue weighted by molar-refractivity contribution is 5.35. The van der Waals surface area contributed by atoms with Crippen molar-refractivity contribution in [2.75, 3.05) is 0 Å². The molecule has 0 saturated heterocycles. The monoisotopic (exact) mass is 268 g/mol. The molecule has 104 valence electrons. The first-order valence-corrected chi connectivity index (χ1v) is 7.12. The molecule has 2 nitrogen and oxygen atoms in total. The first-order valence-electron chi connectivity index (χ1n) is 7.12. The van der Waals surface area contributed by atoms with E-state index in [2.05, 4.69) is 6.07 Å². The minimum absolute atomic E-state index is 0.0719. The molecule has 0 fully saturated rings. The summed E-state index contributed by atoms with van der Waals surface area (Å²) in [6.45, 7) is 1.83. The molecule has 2 heteroatoms. The van der Waals surface area contributed by atoms with Gasteiger partial charge in [-0.2, -0.15) is 0 Å². The third kappa shape index (κ3) is 2.37. The summed E-state index contributed by atoms with van der Waals surface area (Å²) in [7, 11) is 0. The van der Waals surface area contributed by atoms with Crippen molar-refractivity contribution in [3.8, 4) is 0 Å². The standard InChI is InChI=1S/C18H20O2/c1-18(20,15-8-3-2-4-9-15)12-14-11-13-7-5-6-10-16(13)17(14)19/h2-10,14,17,19-20H,11-12H2,1H3. The Morgan fingerprint density at radius 1 is 1.05 bits per heavy atom. The lowest BCUT2D eigenvalue weighted by Crippen LogP contribution is -2.26. The predicted molar refractivity (Wildman–Crippen MR) is 79.2 cm³/mol. The van der Waals surface area contributed by atoms with Gasteiger partial charge in [0.15, 0.2) is 0 Å². The molecular formula is C18H20O2. The van der Waals surface area contributed by atoms with Crippen LogP contribution in [0.3, 0.4) is 0 Å². The van der Waals surface area contributed by atoms with E-state index in [1.165, 1.54) is 5.56 Å². The summed E-state index contributed by atoms with van der Waals surface area (Å²) in [6, 6.07) is 17.7. The second-order valence-corrected chi connectivity index (χ2v) is 5.95. The third-order valence-corrected chi connectivity index (χ3v) is 4.36. The molecule has 0 amide bonds. The maximum atomic E-state index is 10.7. The van der Waals surface area contributed by atoms with Crippen LogP contribution >= 0.6 is 0 Å². The predicted octanol–water partition coefficient (Wildman–Crippen LogP) is 3.19. The second kappa shape index (κ2) is 5.04. The Balaban J connectivity index is 1.80. The molecule has 0 aliphatic heterocycles. The molecule has 1 aliphatic rings. The molecule has 3 atom stereocenters. The average molecular weight is 268 g/mol. The van der Waals surface area contributed by atoms with Crippen LogP contribution in [0.1, 0.15) is 36.1 Å². The molecule has 20 heavy (non-hydrogen) atoms. The number of aliphatic hydroxyl groups is 2. The lowest BCUT2D eigenvalue weighted by atomic mass is 9.84. The zero-order chi connectivity index (χ0) is 14.2. The maximum Gasteiger partial charge on any atom is 0.0872 e. The Kier molecular flexibility index (Phi) is 3.36. The van der Waals surface area contributed by atoms with Gasteiger partial charge in [0.2, 0.25) is 0 Å². The van der Waals surface area contributed by atoms with E-state index < -0.39 is 11.7 Å². The molecule has 2 aromatic rings. The molecule has 2 N–H and O–H groups in total. The fraction of sp³-hybridized carbons (Fsp3) is 0.333. The van der Waals surface area contributed by atoms with Gasteiger partial charge in [-0.1, -0.05) is 54.6 Å². The van der Waals surface area contributed by atoms with Crippen LogP contribution in [0, 0.1) is 5.92 Å². The van der Waals surface area contributed by atoms with Crippen molar-refractivity contribution in [3.63, 3.8) is 0 Å². The fourth-order valence-corrected chi connectivity index (χ4v) is 3.27. The zero-order valence-electron chi connectivity index (χ0n) is 11.7. The summed E-state index contributed by atoms with van der Waals surface area (Å²) in [5.41, 5.74) is 2.22. The Morgan fingerprint density at radius 2 is 1.70 bits per heavy atom. The highest BCUT2D eigenvalue weighted by Crippen LogP contribution is 2.42. The van der Waals surface area contributed by atoms with Crippen LogP contribution in [0.25, 0.3) is 0 Å². The van der Waals surface area contributed by atoms with Crippen molar-refractivity contribution in [2.45, 2.75) is 31.5 Å². The van der Waals surface area contributed by atoms with Crippen LogP contribution in [0.4, 0.5) is 0 Å². The van der Waals surface area contributed by atoms with Crippen molar-refractivity contribution in [2.24, 2.45) is 5.92 Å². The van der Waals surface area contributed by atoms with Gasteiger partial charge < -0.3 is 10.2 Å². The molecule has 0 spiro atoms. The van der Waals surface area contributed by atoms with Crippen molar-refractivity contribution >= 4 is 0 Å². The van der Waals surface area contributed by atoms with Crippen molar-refractivity contribution in [1.29, 1.82) is 0 Å². The first kappa shape index (κ1) is 13.3. The van der Waals surface area contributed by atoms with E-state index in [0.29, 0.717) is 6.42 Å². The van der Waals surface area contributed by atoms with E-state index in [1.54, 1.807) is 0 Å².